The summed E-state index contributed by atoms with van der Waals surface area (Å²) < 4.78 is 10.7. The molecule has 0 saturated heterocycles. The van der Waals surface area contributed by atoms with Crippen LogP contribution >= 0.6 is 0 Å². The predicted molar refractivity (Wildman–Crippen MR) is 72.8 cm³/mol. The van der Waals surface area contributed by atoms with Crippen LogP contribution in [-0.2, 0) is 9.59 Å². The van der Waals surface area contributed by atoms with Crippen molar-refractivity contribution in [3.8, 4) is 11.5 Å². The van der Waals surface area contributed by atoms with Gasteiger partial charge >= 0.3 is 0 Å². The van der Waals surface area contributed by atoms with Gasteiger partial charge in [-0.25, -0.2) is 0 Å². The lowest BCUT2D eigenvalue weighted by Gasteiger charge is -2.17. The summed E-state index contributed by atoms with van der Waals surface area (Å²) in [5.41, 5.74) is 0.880. The SMILES string of the molecule is CCOc1ccc(NC(C)=O)c(OC)c1NC(C)=O. The standard InChI is InChI=1S/C13H18N2O4/c1-5-19-11-7-6-10(14-8(2)16)13(18-4)12(11)15-9(3)17/h6-7H,5H2,1-4H3,(H,14,16)(H,15,17). The highest BCUT2D eigenvalue weighted by Gasteiger charge is 2.17. The van der Waals surface area contributed by atoms with Crippen molar-refractivity contribution in [2.75, 3.05) is 24.4 Å². The Bertz CT molecular complexity index is 486. The second kappa shape index (κ2) is 6.63. The summed E-state index contributed by atoms with van der Waals surface area (Å²) in [7, 11) is 1.46. The van der Waals surface area contributed by atoms with E-state index in [0.29, 0.717) is 29.5 Å². The summed E-state index contributed by atoms with van der Waals surface area (Å²) in [6.45, 7) is 5.08. The van der Waals surface area contributed by atoms with Crippen molar-refractivity contribution in [3.05, 3.63) is 12.1 Å². The van der Waals surface area contributed by atoms with Gasteiger partial charge in [0.25, 0.3) is 0 Å². The minimum atomic E-state index is -0.251. The molecule has 2 N–H and O–H groups in total. The quantitative estimate of drug-likeness (QED) is 0.854. The Morgan fingerprint density at radius 2 is 1.79 bits per heavy atom. The Morgan fingerprint density at radius 3 is 2.26 bits per heavy atom. The number of methoxy groups -OCH3 is 1. The Morgan fingerprint density at radius 1 is 1.16 bits per heavy atom. The van der Waals surface area contributed by atoms with Crippen LogP contribution in [0.25, 0.3) is 0 Å². The molecule has 0 spiro atoms. The van der Waals surface area contributed by atoms with Crippen LogP contribution in [0, 0.1) is 0 Å². The van der Waals surface area contributed by atoms with E-state index < -0.39 is 0 Å². The molecule has 0 fully saturated rings. The summed E-state index contributed by atoms with van der Waals surface area (Å²) in [6, 6.07) is 3.33. The summed E-state index contributed by atoms with van der Waals surface area (Å²) in [5, 5.41) is 5.29. The summed E-state index contributed by atoms with van der Waals surface area (Å²) in [6.07, 6.45) is 0. The molecule has 0 aliphatic carbocycles. The van der Waals surface area contributed by atoms with Crippen LogP contribution in [0.4, 0.5) is 11.4 Å². The van der Waals surface area contributed by atoms with Crippen molar-refractivity contribution in [1.29, 1.82) is 0 Å². The molecule has 0 atom stereocenters. The van der Waals surface area contributed by atoms with Crippen molar-refractivity contribution in [2.45, 2.75) is 20.8 Å². The normalized spacial score (nSPS) is 9.68. The van der Waals surface area contributed by atoms with Crippen LogP contribution in [0.1, 0.15) is 20.8 Å². The highest BCUT2D eigenvalue weighted by Crippen LogP contribution is 2.40. The molecule has 0 aliphatic heterocycles. The zero-order valence-corrected chi connectivity index (χ0v) is 11.5. The first kappa shape index (κ1) is 14.8. The fourth-order valence-electron chi connectivity index (χ4n) is 1.63. The van der Waals surface area contributed by atoms with Gasteiger partial charge in [-0.3, -0.25) is 9.59 Å². The molecule has 1 aromatic carbocycles. The van der Waals surface area contributed by atoms with Gasteiger partial charge < -0.3 is 20.1 Å². The van der Waals surface area contributed by atoms with Gasteiger partial charge in [-0.1, -0.05) is 0 Å². The van der Waals surface area contributed by atoms with E-state index in [4.69, 9.17) is 9.47 Å². The zero-order valence-electron chi connectivity index (χ0n) is 11.5. The topological polar surface area (TPSA) is 76.7 Å². The van der Waals surface area contributed by atoms with E-state index in [2.05, 4.69) is 10.6 Å². The number of carbonyl (C=O) groups is 2. The third-order valence-corrected chi connectivity index (χ3v) is 2.24. The van der Waals surface area contributed by atoms with Gasteiger partial charge in [0, 0.05) is 13.8 Å². The average molecular weight is 266 g/mol. The first-order valence-corrected chi connectivity index (χ1v) is 5.88. The summed E-state index contributed by atoms with van der Waals surface area (Å²) in [4.78, 5) is 22.4. The van der Waals surface area contributed by atoms with Gasteiger partial charge in [-0.05, 0) is 19.1 Å². The third-order valence-electron chi connectivity index (χ3n) is 2.24. The first-order chi connectivity index (χ1) is 8.99. The lowest BCUT2D eigenvalue weighted by Crippen LogP contribution is -2.12. The number of hydrogen-bond donors (Lipinski definition) is 2. The Balaban J connectivity index is 3.30. The second-order valence-electron chi connectivity index (χ2n) is 3.81. The van der Waals surface area contributed by atoms with E-state index in [1.165, 1.54) is 21.0 Å². The predicted octanol–water partition coefficient (Wildman–Crippen LogP) is 2.01. The zero-order chi connectivity index (χ0) is 14.4. The third kappa shape index (κ3) is 3.87. The van der Waals surface area contributed by atoms with Gasteiger partial charge in [-0.2, -0.15) is 0 Å². The molecule has 0 aromatic heterocycles. The lowest BCUT2D eigenvalue weighted by atomic mass is 10.2. The minimum absolute atomic E-state index is 0.226. The Hall–Kier alpha value is -2.24. The number of carbonyl (C=O) groups excluding carboxylic acids is 2. The molecular formula is C13H18N2O4. The maximum atomic E-state index is 11.3. The number of amides is 2. The van der Waals surface area contributed by atoms with Crippen molar-refractivity contribution in [2.24, 2.45) is 0 Å². The number of benzene rings is 1. The number of ether oxygens (including phenoxy) is 2. The molecule has 0 radical (unpaired) electrons. The number of anilines is 2. The molecule has 104 valence electrons. The monoisotopic (exact) mass is 266 g/mol. The van der Waals surface area contributed by atoms with E-state index in [1.54, 1.807) is 12.1 Å². The fraction of sp³-hybridized carbons (Fsp3) is 0.385. The molecule has 6 nitrogen and oxygen atoms in total. The van der Waals surface area contributed by atoms with Crippen LogP contribution in [0.2, 0.25) is 0 Å². The molecule has 1 rings (SSSR count). The maximum absolute atomic E-state index is 11.3. The lowest BCUT2D eigenvalue weighted by molar-refractivity contribution is -0.115. The average Bonchev–Trinajstić information content (AvgIpc) is 2.31. The molecule has 0 bridgehead atoms. The van der Waals surface area contributed by atoms with E-state index in [1.807, 2.05) is 6.92 Å². The highest BCUT2D eigenvalue weighted by atomic mass is 16.5. The number of rotatable bonds is 5. The van der Waals surface area contributed by atoms with Crippen LogP contribution in [-0.4, -0.2) is 25.5 Å². The molecule has 0 saturated carbocycles. The van der Waals surface area contributed by atoms with Crippen molar-refractivity contribution in [1.82, 2.24) is 0 Å². The molecule has 0 unspecified atom stereocenters. The van der Waals surface area contributed by atoms with Crippen LogP contribution in [0.5, 0.6) is 11.5 Å². The fourth-order valence-corrected chi connectivity index (χ4v) is 1.63. The summed E-state index contributed by atoms with van der Waals surface area (Å²) >= 11 is 0. The molecule has 19 heavy (non-hydrogen) atoms. The van der Waals surface area contributed by atoms with Crippen LogP contribution in [0.15, 0.2) is 12.1 Å². The van der Waals surface area contributed by atoms with E-state index in [-0.39, 0.29) is 11.8 Å². The smallest absolute Gasteiger partial charge is 0.221 e. The van der Waals surface area contributed by atoms with Gasteiger partial charge in [0.2, 0.25) is 11.8 Å². The molecule has 1 aromatic rings. The van der Waals surface area contributed by atoms with E-state index >= 15 is 0 Å². The molecule has 0 aliphatic rings. The molecule has 0 heterocycles. The van der Waals surface area contributed by atoms with Gasteiger partial charge in [-0.15, -0.1) is 0 Å². The van der Waals surface area contributed by atoms with E-state index in [0.717, 1.165) is 0 Å². The number of hydrogen-bond acceptors (Lipinski definition) is 4. The first-order valence-electron chi connectivity index (χ1n) is 5.88. The van der Waals surface area contributed by atoms with Gasteiger partial charge in [0.05, 0.1) is 19.4 Å². The van der Waals surface area contributed by atoms with Gasteiger partial charge in [0.15, 0.2) is 5.75 Å². The van der Waals surface area contributed by atoms with Crippen molar-refractivity contribution >= 4 is 23.2 Å². The molecule has 2 amide bonds. The maximum Gasteiger partial charge on any atom is 0.221 e. The summed E-state index contributed by atoms with van der Waals surface area (Å²) in [5.74, 6) is 0.371. The second-order valence-corrected chi connectivity index (χ2v) is 3.81. The van der Waals surface area contributed by atoms with E-state index in [9.17, 15) is 9.59 Å². The Labute approximate surface area is 112 Å². The highest BCUT2D eigenvalue weighted by molar-refractivity contribution is 5.97. The van der Waals surface area contributed by atoms with Crippen LogP contribution in [0.3, 0.4) is 0 Å². The minimum Gasteiger partial charge on any atom is -0.492 e. The van der Waals surface area contributed by atoms with Gasteiger partial charge in [0.1, 0.15) is 11.4 Å². The van der Waals surface area contributed by atoms with Crippen molar-refractivity contribution < 1.29 is 19.1 Å². The Kier molecular flexibility index (Phi) is 5.17. The molecule has 6 heteroatoms. The molecular weight excluding hydrogens is 248 g/mol. The van der Waals surface area contributed by atoms with Crippen molar-refractivity contribution in [3.63, 3.8) is 0 Å². The largest absolute Gasteiger partial charge is 0.492 e. The number of nitrogens with one attached hydrogen (secondary N) is 2. The van der Waals surface area contributed by atoms with Crippen LogP contribution < -0.4 is 20.1 Å².